The molecule has 19 heavy (non-hydrogen) atoms. The van der Waals surface area contributed by atoms with E-state index < -0.39 is 0 Å². The number of imidazole rings is 1. The number of thiazole rings is 1. The lowest BCUT2D eigenvalue weighted by Crippen LogP contribution is -2.16. The van der Waals surface area contributed by atoms with E-state index in [-0.39, 0.29) is 5.41 Å². The van der Waals surface area contributed by atoms with Crippen molar-refractivity contribution < 1.29 is 0 Å². The van der Waals surface area contributed by atoms with Gasteiger partial charge in [-0.2, -0.15) is 0 Å². The Labute approximate surface area is 120 Å². The van der Waals surface area contributed by atoms with E-state index in [0.29, 0.717) is 6.54 Å². The van der Waals surface area contributed by atoms with E-state index in [1.165, 1.54) is 10.6 Å². The highest BCUT2D eigenvalue weighted by atomic mass is 32.1. The molecule has 0 bridgehead atoms. The molecule has 5 heteroatoms. The molecule has 0 amide bonds. The zero-order chi connectivity index (χ0) is 13.6. The Morgan fingerprint density at radius 3 is 2.68 bits per heavy atom. The monoisotopic (exact) mass is 291 g/mol. The fourth-order valence-electron chi connectivity index (χ4n) is 2.23. The number of aromatic nitrogens is 2. The quantitative estimate of drug-likeness (QED) is 0.778. The van der Waals surface area contributed by atoms with Gasteiger partial charge in [0.25, 0.3) is 0 Å². The van der Waals surface area contributed by atoms with Crippen LogP contribution < -0.4 is 5.73 Å². The lowest BCUT2D eigenvalue weighted by Gasteiger charge is -2.18. The number of fused-ring (bicyclic) bond motifs is 1. The Bertz CT molecular complexity index is 699. The molecule has 0 unspecified atom stereocenters. The molecule has 3 nitrogen and oxygen atoms in total. The fraction of sp³-hybridized carbons (Fsp3) is 0.357. The lowest BCUT2D eigenvalue weighted by molar-refractivity contribution is 0.561. The molecule has 0 atom stereocenters. The number of hydrogen-bond donors (Lipinski definition) is 1. The largest absolute Gasteiger partial charge is 0.325 e. The Kier molecular flexibility index (Phi) is 3.00. The smallest absolute Gasteiger partial charge is 0.194 e. The molecule has 0 aliphatic carbocycles. The van der Waals surface area contributed by atoms with Crippen LogP contribution in [-0.4, -0.2) is 9.38 Å². The maximum atomic E-state index is 5.99. The molecule has 2 N–H and O–H groups in total. The highest BCUT2D eigenvalue weighted by Gasteiger charge is 2.23. The summed E-state index contributed by atoms with van der Waals surface area (Å²) in [6.07, 6.45) is 0. The standard InChI is InChI=1S/C14H17N3S2/c1-14(2,3)11-8-19-13-16-12(9(7-15)17(11)13)10-5-4-6-18-10/h4-6,8H,7,15H2,1-3H3. The van der Waals surface area contributed by atoms with Crippen LogP contribution in [-0.2, 0) is 12.0 Å². The van der Waals surface area contributed by atoms with E-state index in [2.05, 4.69) is 48.1 Å². The normalized spacial score (nSPS) is 12.4. The third-order valence-electron chi connectivity index (χ3n) is 3.18. The molecule has 0 saturated carbocycles. The van der Waals surface area contributed by atoms with E-state index in [4.69, 9.17) is 10.7 Å². The molecule has 0 aliphatic rings. The van der Waals surface area contributed by atoms with E-state index in [1.54, 1.807) is 22.7 Å². The second kappa shape index (κ2) is 4.44. The van der Waals surface area contributed by atoms with Crippen molar-refractivity contribution in [3.8, 4) is 10.6 Å². The van der Waals surface area contributed by atoms with Gasteiger partial charge < -0.3 is 5.73 Å². The van der Waals surface area contributed by atoms with Crippen molar-refractivity contribution >= 4 is 27.6 Å². The maximum Gasteiger partial charge on any atom is 0.194 e. The van der Waals surface area contributed by atoms with Gasteiger partial charge in [0.2, 0.25) is 0 Å². The van der Waals surface area contributed by atoms with Crippen LogP contribution in [0, 0.1) is 0 Å². The van der Waals surface area contributed by atoms with Crippen LogP contribution in [0.15, 0.2) is 22.9 Å². The second-order valence-electron chi connectivity index (χ2n) is 5.58. The van der Waals surface area contributed by atoms with Gasteiger partial charge >= 0.3 is 0 Å². The summed E-state index contributed by atoms with van der Waals surface area (Å²) in [7, 11) is 0. The van der Waals surface area contributed by atoms with Gasteiger partial charge in [0.05, 0.1) is 10.6 Å². The summed E-state index contributed by atoms with van der Waals surface area (Å²) >= 11 is 3.40. The predicted octanol–water partition coefficient (Wildman–Crippen LogP) is 3.88. The number of thiophene rings is 1. The van der Waals surface area contributed by atoms with E-state index >= 15 is 0 Å². The van der Waals surface area contributed by atoms with E-state index in [0.717, 1.165) is 16.3 Å². The maximum absolute atomic E-state index is 5.99. The first-order valence-corrected chi connectivity index (χ1v) is 8.01. The molecule has 100 valence electrons. The summed E-state index contributed by atoms with van der Waals surface area (Å²) in [6.45, 7) is 7.17. The zero-order valence-electron chi connectivity index (χ0n) is 11.3. The van der Waals surface area contributed by atoms with Crippen molar-refractivity contribution in [2.75, 3.05) is 0 Å². The SMILES string of the molecule is CC(C)(C)c1csc2nc(-c3cccs3)c(CN)n12. The Morgan fingerprint density at radius 1 is 1.32 bits per heavy atom. The highest BCUT2D eigenvalue weighted by molar-refractivity contribution is 7.15. The summed E-state index contributed by atoms with van der Waals surface area (Å²) in [5.41, 5.74) is 9.51. The van der Waals surface area contributed by atoms with Crippen LogP contribution in [0.4, 0.5) is 0 Å². The third-order valence-corrected chi connectivity index (χ3v) is 4.88. The average Bonchev–Trinajstić information content (AvgIpc) is 3.02. The van der Waals surface area contributed by atoms with Gasteiger partial charge in [-0.3, -0.25) is 4.40 Å². The second-order valence-corrected chi connectivity index (χ2v) is 7.36. The molecule has 0 saturated heterocycles. The number of nitrogens with zero attached hydrogens (tertiary/aromatic N) is 2. The summed E-state index contributed by atoms with van der Waals surface area (Å²) in [5, 5.41) is 4.27. The molecule has 0 spiro atoms. The van der Waals surface area contributed by atoms with Crippen molar-refractivity contribution in [2.45, 2.75) is 32.7 Å². The van der Waals surface area contributed by atoms with Crippen LogP contribution in [0.1, 0.15) is 32.2 Å². The Morgan fingerprint density at radius 2 is 2.11 bits per heavy atom. The van der Waals surface area contributed by atoms with Crippen LogP contribution in [0.25, 0.3) is 15.5 Å². The summed E-state index contributed by atoms with van der Waals surface area (Å²) in [5.74, 6) is 0. The molecule has 3 heterocycles. The number of nitrogens with two attached hydrogens (primary N) is 1. The molecule has 0 radical (unpaired) electrons. The molecule has 3 aromatic rings. The van der Waals surface area contributed by atoms with E-state index in [1.807, 2.05) is 0 Å². The van der Waals surface area contributed by atoms with Gasteiger partial charge in [0.1, 0.15) is 5.69 Å². The van der Waals surface area contributed by atoms with Gasteiger partial charge in [0.15, 0.2) is 4.96 Å². The van der Waals surface area contributed by atoms with Crippen LogP contribution in [0.2, 0.25) is 0 Å². The van der Waals surface area contributed by atoms with Crippen molar-refractivity contribution in [3.05, 3.63) is 34.3 Å². The summed E-state index contributed by atoms with van der Waals surface area (Å²) < 4.78 is 2.24. The molecular weight excluding hydrogens is 274 g/mol. The fourth-order valence-corrected chi connectivity index (χ4v) is 4.10. The predicted molar refractivity (Wildman–Crippen MR) is 83.0 cm³/mol. The first kappa shape index (κ1) is 12.8. The van der Waals surface area contributed by atoms with E-state index in [9.17, 15) is 0 Å². The first-order valence-electron chi connectivity index (χ1n) is 6.25. The molecular formula is C14H17N3S2. The van der Waals surface area contributed by atoms with Crippen LogP contribution in [0.3, 0.4) is 0 Å². The molecule has 0 fully saturated rings. The van der Waals surface area contributed by atoms with Crippen molar-refractivity contribution in [1.29, 1.82) is 0 Å². The first-order chi connectivity index (χ1) is 9.02. The third kappa shape index (κ3) is 2.02. The minimum Gasteiger partial charge on any atom is -0.325 e. The highest BCUT2D eigenvalue weighted by Crippen LogP contribution is 2.34. The minimum absolute atomic E-state index is 0.0928. The number of rotatable bonds is 2. The van der Waals surface area contributed by atoms with Gasteiger partial charge in [0, 0.05) is 23.0 Å². The van der Waals surface area contributed by atoms with Crippen molar-refractivity contribution in [2.24, 2.45) is 5.73 Å². The van der Waals surface area contributed by atoms with Crippen molar-refractivity contribution in [3.63, 3.8) is 0 Å². The van der Waals surface area contributed by atoms with Crippen LogP contribution in [0.5, 0.6) is 0 Å². The molecule has 3 aromatic heterocycles. The minimum atomic E-state index is 0.0928. The van der Waals surface area contributed by atoms with Gasteiger partial charge in [-0.15, -0.1) is 22.7 Å². The van der Waals surface area contributed by atoms with Gasteiger partial charge in [-0.05, 0) is 11.4 Å². The Hall–Kier alpha value is -1.17. The van der Waals surface area contributed by atoms with Gasteiger partial charge in [-0.1, -0.05) is 26.8 Å². The summed E-state index contributed by atoms with van der Waals surface area (Å²) in [4.78, 5) is 7.00. The van der Waals surface area contributed by atoms with Crippen LogP contribution >= 0.6 is 22.7 Å². The Balaban J connectivity index is 2.30. The van der Waals surface area contributed by atoms with Crippen molar-refractivity contribution in [1.82, 2.24) is 9.38 Å². The topological polar surface area (TPSA) is 43.3 Å². The van der Waals surface area contributed by atoms with Gasteiger partial charge in [-0.25, -0.2) is 4.98 Å². The molecule has 0 aromatic carbocycles. The summed E-state index contributed by atoms with van der Waals surface area (Å²) in [6, 6.07) is 4.16. The molecule has 3 rings (SSSR count). The molecule has 0 aliphatic heterocycles. The number of hydrogen-bond acceptors (Lipinski definition) is 4. The lowest BCUT2D eigenvalue weighted by atomic mass is 9.93. The zero-order valence-corrected chi connectivity index (χ0v) is 12.9. The average molecular weight is 291 g/mol.